The van der Waals surface area contributed by atoms with Crippen LogP contribution in [0.25, 0.3) is 0 Å². The molecule has 0 bridgehead atoms. The van der Waals surface area contributed by atoms with Crippen LogP contribution in [0.5, 0.6) is 0 Å². The number of aryl methyl sites for hydroxylation is 1. The van der Waals surface area contributed by atoms with Crippen molar-refractivity contribution in [3.8, 4) is 0 Å². The van der Waals surface area contributed by atoms with Crippen LogP contribution in [-0.2, 0) is 6.18 Å². The first kappa shape index (κ1) is 19.2. The summed E-state index contributed by atoms with van der Waals surface area (Å²) in [5.41, 5.74) is -1.26. The molecule has 1 aromatic heterocycles. The van der Waals surface area contributed by atoms with Gasteiger partial charge in [0, 0.05) is 25.3 Å². The Labute approximate surface area is 151 Å². The van der Waals surface area contributed by atoms with E-state index in [1.165, 1.54) is 19.8 Å². The minimum Gasteiger partial charge on any atom is -0.338 e. The molecular weight excluding hydrogens is 345 g/mol. The highest BCUT2D eigenvalue weighted by molar-refractivity contribution is 5.96. The second-order valence-electron chi connectivity index (χ2n) is 7.81. The molecule has 0 spiro atoms. The van der Waals surface area contributed by atoms with Gasteiger partial charge in [-0.3, -0.25) is 9.89 Å². The van der Waals surface area contributed by atoms with Crippen molar-refractivity contribution in [2.24, 2.45) is 11.8 Å². The number of hydrogen-bond acceptors (Lipinski definition) is 3. The summed E-state index contributed by atoms with van der Waals surface area (Å²) in [6.07, 6.45) is -0.391. The number of alkyl halides is 3. The summed E-state index contributed by atoms with van der Waals surface area (Å²) >= 11 is 0. The number of likely N-dealkylation sites (tertiary alicyclic amines) is 2. The lowest BCUT2D eigenvalue weighted by Crippen LogP contribution is -2.45. The highest BCUT2D eigenvalue weighted by atomic mass is 19.4. The predicted molar refractivity (Wildman–Crippen MR) is 91.8 cm³/mol. The summed E-state index contributed by atoms with van der Waals surface area (Å²) in [4.78, 5) is 16.8. The first-order chi connectivity index (χ1) is 12.3. The molecule has 146 valence electrons. The molecular formula is C18H27F3N4O. The maximum atomic E-state index is 13.1. The number of nitrogens with one attached hydrogen (secondary N) is 1. The van der Waals surface area contributed by atoms with E-state index in [0.717, 1.165) is 38.4 Å². The van der Waals surface area contributed by atoms with Crippen molar-refractivity contribution in [3.63, 3.8) is 0 Å². The second kappa shape index (κ2) is 7.58. The maximum Gasteiger partial charge on any atom is 0.435 e. The van der Waals surface area contributed by atoms with Gasteiger partial charge in [0.2, 0.25) is 0 Å². The van der Waals surface area contributed by atoms with E-state index in [9.17, 15) is 18.0 Å². The molecule has 8 heteroatoms. The van der Waals surface area contributed by atoms with Crippen LogP contribution < -0.4 is 0 Å². The molecule has 2 saturated heterocycles. The van der Waals surface area contributed by atoms with Gasteiger partial charge in [0.05, 0.1) is 5.56 Å². The fourth-order valence-electron chi connectivity index (χ4n) is 4.06. The van der Waals surface area contributed by atoms with Crippen LogP contribution in [0.3, 0.4) is 0 Å². The van der Waals surface area contributed by atoms with Crippen LogP contribution in [0.1, 0.15) is 54.4 Å². The Morgan fingerprint density at radius 1 is 1.23 bits per heavy atom. The minimum absolute atomic E-state index is 0.175. The average molecular weight is 372 g/mol. The van der Waals surface area contributed by atoms with Crippen molar-refractivity contribution < 1.29 is 18.0 Å². The largest absolute Gasteiger partial charge is 0.435 e. The molecule has 5 nitrogen and oxygen atoms in total. The third-order valence-corrected chi connectivity index (χ3v) is 5.63. The molecule has 2 aliphatic heterocycles. The Hall–Kier alpha value is -1.57. The summed E-state index contributed by atoms with van der Waals surface area (Å²) < 4.78 is 39.4. The Kier molecular flexibility index (Phi) is 5.60. The van der Waals surface area contributed by atoms with Gasteiger partial charge in [0.25, 0.3) is 5.91 Å². The molecule has 0 aliphatic carbocycles. The highest BCUT2D eigenvalue weighted by Crippen LogP contribution is 2.33. The van der Waals surface area contributed by atoms with Crippen molar-refractivity contribution in [2.75, 3.05) is 32.7 Å². The topological polar surface area (TPSA) is 52.2 Å². The average Bonchev–Trinajstić information content (AvgIpc) is 2.98. The zero-order valence-electron chi connectivity index (χ0n) is 15.4. The lowest BCUT2D eigenvalue weighted by atomic mass is 9.94. The van der Waals surface area contributed by atoms with Crippen molar-refractivity contribution in [1.82, 2.24) is 20.0 Å². The van der Waals surface area contributed by atoms with Crippen molar-refractivity contribution >= 4 is 5.91 Å². The van der Waals surface area contributed by atoms with Crippen LogP contribution in [-0.4, -0.2) is 58.6 Å². The summed E-state index contributed by atoms with van der Waals surface area (Å²) in [6.45, 7) is 7.83. The molecule has 1 atom stereocenters. The third-order valence-electron chi connectivity index (χ3n) is 5.63. The van der Waals surface area contributed by atoms with Gasteiger partial charge in [-0.05, 0) is 57.5 Å². The summed E-state index contributed by atoms with van der Waals surface area (Å²) in [5.74, 6) is 0.531. The predicted octanol–water partition coefficient (Wildman–Crippen LogP) is 3.32. The highest BCUT2D eigenvalue weighted by Gasteiger charge is 2.41. The van der Waals surface area contributed by atoms with E-state index >= 15 is 0 Å². The molecule has 3 heterocycles. The van der Waals surface area contributed by atoms with Gasteiger partial charge >= 0.3 is 6.18 Å². The molecule has 26 heavy (non-hydrogen) atoms. The van der Waals surface area contributed by atoms with Gasteiger partial charge in [-0.1, -0.05) is 6.92 Å². The quantitative estimate of drug-likeness (QED) is 0.886. The molecule has 0 aromatic carbocycles. The van der Waals surface area contributed by atoms with Crippen LogP contribution in [0, 0.1) is 18.8 Å². The SMILES string of the molecule is Cc1[nH]nc(C(F)(F)F)c1C(=O)N1CCCC(CN2CCC(C)CC2)C1. The number of aromatic amines is 1. The molecule has 1 aromatic rings. The fraction of sp³-hybridized carbons (Fsp3) is 0.778. The monoisotopic (exact) mass is 372 g/mol. The zero-order chi connectivity index (χ0) is 18.9. The van der Waals surface area contributed by atoms with E-state index in [0.29, 0.717) is 19.0 Å². The van der Waals surface area contributed by atoms with E-state index < -0.39 is 17.8 Å². The molecule has 2 fully saturated rings. The molecule has 0 saturated carbocycles. The number of rotatable bonds is 3. The number of carbonyl (C=O) groups excluding carboxylic acids is 1. The molecule has 1 unspecified atom stereocenters. The van der Waals surface area contributed by atoms with Crippen molar-refractivity contribution in [2.45, 2.75) is 45.7 Å². The Bertz CT molecular complexity index is 635. The van der Waals surface area contributed by atoms with E-state index in [2.05, 4.69) is 22.0 Å². The number of aromatic nitrogens is 2. The summed E-state index contributed by atoms with van der Waals surface area (Å²) in [7, 11) is 0. The van der Waals surface area contributed by atoms with Gasteiger partial charge in [-0.2, -0.15) is 18.3 Å². The van der Waals surface area contributed by atoms with Gasteiger partial charge in [0.1, 0.15) is 0 Å². The Morgan fingerprint density at radius 2 is 1.92 bits per heavy atom. The standard InChI is InChI=1S/C18H27F3N4O/c1-12-5-8-24(9-6-12)10-14-4-3-7-25(11-14)17(26)15-13(2)22-23-16(15)18(19,20)21/h12,14H,3-11H2,1-2H3,(H,22,23). The van der Waals surface area contributed by atoms with Crippen LogP contribution >= 0.6 is 0 Å². The second-order valence-corrected chi connectivity index (χ2v) is 7.81. The van der Waals surface area contributed by atoms with Crippen LogP contribution in [0.2, 0.25) is 0 Å². The fourth-order valence-corrected chi connectivity index (χ4v) is 4.06. The van der Waals surface area contributed by atoms with Crippen LogP contribution in [0.15, 0.2) is 0 Å². The Morgan fingerprint density at radius 3 is 2.58 bits per heavy atom. The lowest BCUT2D eigenvalue weighted by Gasteiger charge is -2.38. The number of nitrogens with zero attached hydrogens (tertiary/aromatic N) is 3. The molecule has 1 N–H and O–H groups in total. The molecule has 3 rings (SSSR count). The number of halogens is 3. The number of carbonyl (C=O) groups is 1. The summed E-state index contributed by atoms with van der Waals surface area (Å²) in [5, 5.41) is 5.64. The number of hydrogen-bond donors (Lipinski definition) is 1. The van der Waals surface area contributed by atoms with Crippen molar-refractivity contribution in [3.05, 3.63) is 17.0 Å². The van der Waals surface area contributed by atoms with Gasteiger partial charge < -0.3 is 9.80 Å². The lowest BCUT2D eigenvalue weighted by molar-refractivity contribution is -0.141. The third kappa shape index (κ3) is 4.22. The maximum absolute atomic E-state index is 13.1. The van der Waals surface area contributed by atoms with Gasteiger partial charge in [-0.25, -0.2) is 0 Å². The van der Waals surface area contributed by atoms with E-state index in [1.54, 1.807) is 4.90 Å². The zero-order valence-corrected chi connectivity index (χ0v) is 15.4. The first-order valence-corrected chi connectivity index (χ1v) is 9.39. The summed E-state index contributed by atoms with van der Waals surface area (Å²) in [6, 6.07) is 0. The Balaban J connectivity index is 1.66. The molecule has 1 amide bonds. The van der Waals surface area contributed by atoms with Crippen molar-refractivity contribution in [1.29, 1.82) is 0 Å². The first-order valence-electron chi connectivity index (χ1n) is 9.39. The van der Waals surface area contributed by atoms with E-state index in [4.69, 9.17) is 0 Å². The minimum atomic E-state index is -4.63. The number of H-pyrrole nitrogens is 1. The van der Waals surface area contributed by atoms with E-state index in [-0.39, 0.29) is 11.3 Å². The molecule has 2 aliphatic rings. The van der Waals surface area contributed by atoms with Gasteiger partial charge in [-0.15, -0.1) is 0 Å². The normalized spacial score (nSPS) is 23.4. The van der Waals surface area contributed by atoms with Gasteiger partial charge in [0.15, 0.2) is 5.69 Å². The van der Waals surface area contributed by atoms with Crippen LogP contribution in [0.4, 0.5) is 13.2 Å². The molecule has 0 radical (unpaired) electrons. The van der Waals surface area contributed by atoms with E-state index in [1.807, 2.05) is 0 Å². The number of amides is 1. The smallest absolute Gasteiger partial charge is 0.338 e. The number of piperidine rings is 2.